The summed E-state index contributed by atoms with van der Waals surface area (Å²) in [6.07, 6.45) is -4.24. The van der Waals surface area contributed by atoms with E-state index in [1.807, 2.05) is 13.8 Å². The third kappa shape index (κ3) is 5.70. The zero-order valence-electron chi connectivity index (χ0n) is 11.2. The van der Waals surface area contributed by atoms with E-state index < -0.39 is 12.7 Å². The van der Waals surface area contributed by atoms with E-state index in [-0.39, 0.29) is 0 Å². The minimum Gasteiger partial charge on any atom is -0.365 e. The van der Waals surface area contributed by atoms with Crippen LogP contribution in [0.5, 0.6) is 0 Å². The van der Waals surface area contributed by atoms with Gasteiger partial charge < -0.3 is 10.2 Å². The Morgan fingerprint density at radius 1 is 1.32 bits per heavy atom. The van der Waals surface area contributed by atoms with E-state index in [0.717, 1.165) is 10.5 Å². The van der Waals surface area contributed by atoms with Crippen LogP contribution in [0.1, 0.15) is 19.4 Å². The van der Waals surface area contributed by atoms with Crippen molar-refractivity contribution in [2.24, 2.45) is 0 Å². The highest BCUT2D eigenvalue weighted by Crippen LogP contribution is 2.28. The van der Waals surface area contributed by atoms with Crippen LogP contribution in [-0.2, 0) is 6.54 Å². The summed E-state index contributed by atoms with van der Waals surface area (Å²) in [5.41, 5.74) is 1.33. The van der Waals surface area contributed by atoms with Crippen LogP contribution < -0.4 is 10.2 Å². The molecule has 0 aromatic heterocycles. The number of benzene rings is 1. The van der Waals surface area contributed by atoms with E-state index in [2.05, 4.69) is 5.32 Å². The number of hydrogen-bond donors (Lipinski definition) is 1. The van der Waals surface area contributed by atoms with Gasteiger partial charge in [-0.25, -0.2) is 0 Å². The molecule has 2 nitrogen and oxygen atoms in total. The topological polar surface area (TPSA) is 15.3 Å². The Balaban J connectivity index is 2.76. The third-order valence-electron chi connectivity index (χ3n) is 2.55. The van der Waals surface area contributed by atoms with Crippen LogP contribution in [0, 0.1) is 0 Å². The van der Waals surface area contributed by atoms with Crippen molar-refractivity contribution >= 4 is 17.3 Å². The summed E-state index contributed by atoms with van der Waals surface area (Å²) in [7, 11) is 1.38. The zero-order valence-corrected chi connectivity index (χ0v) is 11.9. The molecule has 0 bridgehead atoms. The number of rotatable bonds is 5. The summed E-state index contributed by atoms with van der Waals surface area (Å²) in [4.78, 5) is 1.10. The molecule has 0 saturated heterocycles. The first-order valence-corrected chi connectivity index (χ1v) is 6.36. The molecule has 1 N–H and O–H groups in total. The van der Waals surface area contributed by atoms with Gasteiger partial charge in [-0.2, -0.15) is 13.2 Å². The van der Waals surface area contributed by atoms with E-state index in [4.69, 9.17) is 11.6 Å². The van der Waals surface area contributed by atoms with E-state index >= 15 is 0 Å². The maximum Gasteiger partial charge on any atom is 0.405 e. The van der Waals surface area contributed by atoms with Gasteiger partial charge in [0.2, 0.25) is 0 Å². The van der Waals surface area contributed by atoms with Gasteiger partial charge in [0, 0.05) is 19.6 Å². The van der Waals surface area contributed by atoms with E-state index in [0.29, 0.717) is 23.3 Å². The summed E-state index contributed by atoms with van der Waals surface area (Å²) < 4.78 is 37.0. The van der Waals surface area contributed by atoms with Crippen LogP contribution >= 0.6 is 11.6 Å². The molecule has 0 aliphatic heterocycles. The van der Waals surface area contributed by atoms with E-state index in [1.165, 1.54) is 7.05 Å². The fraction of sp³-hybridized carbons (Fsp3) is 0.538. The van der Waals surface area contributed by atoms with Crippen molar-refractivity contribution in [3.63, 3.8) is 0 Å². The van der Waals surface area contributed by atoms with Crippen LogP contribution in [0.25, 0.3) is 0 Å². The molecule has 0 saturated carbocycles. The Labute approximate surface area is 116 Å². The van der Waals surface area contributed by atoms with Gasteiger partial charge in [-0.1, -0.05) is 31.5 Å². The van der Waals surface area contributed by atoms with Gasteiger partial charge in [-0.05, 0) is 17.7 Å². The number of alkyl halides is 3. The van der Waals surface area contributed by atoms with Crippen LogP contribution in [-0.4, -0.2) is 25.8 Å². The molecular formula is C13H18ClF3N2. The summed E-state index contributed by atoms with van der Waals surface area (Å²) in [6, 6.07) is 5.43. The molecule has 0 spiro atoms. The predicted molar refractivity (Wildman–Crippen MR) is 72.8 cm³/mol. The second-order valence-corrected chi connectivity index (χ2v) is 5.20. The molecule has 1 aromatic rings. The Bertz CT molecular complexity index is 419. The van der Waals surface area contributed by atoms with Crippen molar-refractivity contribution in [3.05, 3.63) is 28.8 Å². The first kappa shape index (κ1) is 16.1. The summed E-state index contributed by atoms with van der Waals surface area (Å²) in [6.45, 7) is 3.66. The summed E-state index contributed by atoms with van der Waals surface area (Å²) >= 11 is 6.03. The molecule has 0 aliphatic carbocycles. The van der Waals surface area contributed by atoms with Gasteiger partial charge >= 0.3 is 6.18 Å². The molecule has 108 valence electrons. The first-order chi connectivity index (χ1) is 8.69. The average Bonchev–Trinajstić information content (AvgIpc) is 2.23. The largest absolute Gasteiger partial charge is 0.405 e. The van der Waals surface area contributed by atoms with Crippen LogP contribution in [0.3, 0.4) is 0 Å². The molecular weight excluding hydrogens is 277 g/mol. The lowest BCUT2D eigenvalue weighted by Gasteiger charge is -2.22. The quantitative estimate of drug-likeness (QED) is 0.888. The number of anilines is 1. The minimum atomic E-state index is -4.24. The normalized spacial score (nSPS) is 12.0. The van der Waals surface area contributed by atoms with Crippen molar-refractivity contribution in [2.75, 3.05) is 18.5 Å². The molecule has 0 unspecified atom stereocenters. The molecule has 0 aliphatic rings. The maximum atomic E-state index is 12.3. The van der Waals surface area contributed by atoms with Crippen LogP contribution in [0.15, 0.2) is 18.2 Å². The molecule has 6 heteroatoms. The highest BCUT2D eigenvalue weighted by molar-refractivity contribution is 6.33. The number of halogens is 4. The number of hydrogen-bond acceptors (Lipinski definition) is 2. The van der Waals surface area contributed by atoms with Crippen molar-refractivity contribution in [1.82, 2.24) is 5.32 Å². The molecule has 0 radical (unpaired) electrons. The fourth-order valence-corrected chi connectivity index (χ4v) is 1.99. The number of nitrogens with one attached hydrogen (secondary N) is 1. The summed E-state index contributed by atoms with van der Waals surface area (Å²) in [5, 5.41) is 3.55. The minimum absolute atomic E-state index is 0.329. The Morgan fingerprint density at radius 3 is 2.42 bits per heavy atom. The second-order valence-electron chi connectivity index (χ2n) is 4.79. The average molecular weight is 295 g/mol. The molecule has 0 amide bonds. The molecule has 19 heavy (non-hydrogen) atoms. The summed E-state index contributed by atoms with van der Waals surface area (Å²) in [5.74, 6) is 0. The fourth-order valence-electron chi connectivity index (χ4n) is 1.65. The number of nitrogens with zero attached hydrogens (tertiary/aromatic N) is 1. The van der Waals surface area contributed by atoms with Gasteiger partial charge in [-0.15, -0.1) is 0 Å². The van der Waals surface area contributed by atoms with Gasteiger partial charge in [0.05, 0.1) is 10.7 Å². The van der Waals surface area contributed by atoms with Crippen molar-refractivity contribution in [3.8, 4) is 0 Å². The van der Waals surface area contributed by atoms with Crippen molar-refractivity contribution in [1.29, 1.82) is 0 Å². The first-order valence-electron chi connectivity index (χ1n) is 5.99. The lowest BCUT2D eigenvalue weighted by molar-refractivity contribution is -0.119. The Hall–Kier alpha value is -0.940. The molecule has 1 aromatic carbocycles. The Kier molecular flexibility index (Phi) is 5.50. The van der Waals surface area contributed by atoms with Crippen molar-refractivity contribution < 1.29 is 13.2 Å². The van der Waals surface area contributed by atoms with Gasteiger partial charge in [0.25, 0.3) is 0 Å². The lowest BCUT2D eigenvalue weighted by Crippen LogP contribution is -2.31. The molecule has 0 atom stereocenters. The third-order valence-corrected chi connectivity index (χ3v) is 2.86. The highest BCUT2D eigenvalue weighted by Gasteiger charge is 2.29. The molecule has 0 fully saturated rings. The zero-order chi connectivity index (χ0) is 14.6. The smallest absolute Gasteiger partial charge is 0.365 e. The van der Waals surface area contributed by atoms with Gasteiger partial charge in [0.15, 0.2) is 0 Å². The SMILES string of the molecule is CC(C)NCc1ccc(N(C)CC(F)(F)F)c(Cl)c1. The van der Waals surface area contributed by atoms with E-state index in [1.54, 1.807) is 18.2 Å². The van der Waals surface area contributed by atoms with Crippen molar-refractivity contribution in [2.45, 2.75) is 32.6 Å². The second kappa shape index (κ2) is 6.48. The Morgan fingerprint density at radius 2 is 1.95 bits per heavy atom. The lowest BCUT2D eigenvalue weighted by atomic mass is 10.2. The molecule has 1 rings (SSSR count). The maximum absolute atomic E-state index is 12.3. The van der Waals surface area contributed by atoms with Crippen LogP contribution in [0.4, 0.5) is 18.9 Å². The standard InChI is InChI=1S/C13H18ClF3N2/c1-9(2)18-7-10-4-5-12(11(14)6-10)19(3)8-13(15,16)17/h4-6,9,18H,7-8H2,1-3H3. The monoisotopic (exact) mass is 294 g/mol. The van der Waals surface area contributed by atoms with Gasteiger partial charge in [0.1, 0.15) is 6.54 Å². The molecule has 0 heterocycles. The van der Waals surface area contributed by atoms with Crippen LogP contribution in [0.2, 0.25) is 5.02 Å². The van der Waals surface area contributed by atoms with E-state index in [9.17, 15) is 13.2 Å². The highest BCUT2D eigenvalue weighted by atomic mass is 35.5. The predicted octanol–water partition coefficient (Wildman–Crippen LogP) is 3.84. The van der Waals surface area contributed by atoms with Gasteiger partial charge in [-0.3, -0.25) is 0 Å².